The number of fused-ring (bicyclic) bond motifs is 1. The molecule has 2 aromatic carbocycles. The van der Waals surface area contributed by atoms with E-state index in [-0.39, 0.29) is 42.6 Å². The standard InChI is InChI=1S/C25H21F6N7O6S2/c1-42-22-19-20(34-36-35-22)33-23(45-19)37-10-11-38(46(40,41)17-8-6-16(7-9-17)44-25(29,30)31)18(13-37)21(39)32-12-14-2-4-15(5-3-14)43-24(26,27)28/h2-9,18H,10-13H2,1H3,(H,32,39)/t18-/m1/s1. The summed E-state index contributed by atoms with van der Waals surface area (Å²) in [6.07, 6.45) is -9.88. The second-order valence-electron chi connectivity index (χ2n) is 9.45. The Hall–Kier alpha value is -4.50. The number of amides is 1. The van der Waals surface area contributed by atoms with Crippen LogP contribution in [0.5, 0.6) is 17.4 Å². The van der Waals surface area contributed by atoms with Crippen molar-refractivity contribution in [2.45, 2.75) is 30.2 Å². The molecular formula is C25H21F6N7O6S2. The molecule has 246 valence electrons. The average molecular weight is 694 g/mol. The summed E-state index contributed by atoms with van der Waals surface area (Å²) in [5, 5.41) is 14.2. The Morgan fingerprint density at radius 1 is 0.957 bits per heavy atom. The molecule has 1 atom stereocenters. The molecule has 3 heterocycles. The van der Waals surface area contributed by atoms with Crippen LogP contribution in [0, 0.1) is 0 Å². The molecule has 0 radical (unpaired) electrons. The number of ether oxygens (including phenoxy) is 3. The lowest BCUT2D eigenvalue weighted by Gasteiger charge is -2.39. The summed E-state index contributed by atoms with van der Waals surface area (Å²) in [5.41, 5.74) is 0.594. The minimum atomic E-state index is -4.99. The highest BCUT2D eigenvalue weighted by Gasteiger charge is 2.41. The van der Waals surface area contributed by atoms with Gasteiger partial charge in [-0.1, -0.05) is 28.6 Å². The predicted octanol–water partition coefficient (Wildman–Crippen LogP) is 3.48. The number of methoxy groups -OCH3 is 1. The number of sulfonamides is 1. The quantitative estimate of drug-likeness (QED) is 0.257. The van der Waals surface area contributed by atoms with Gasteiger partial charge in [0.25, 0.3) is 5.88 Å². The van der Waals surface area contributed by atoms with Crippen LogP contribution in [0.3, 0.4) is 0 Å². The second-order valence-corrected chi connectivity index (χ2v) is 12.3. The summed E-state index contributed by atoms with van der Waals surface area (Å²) >= 11 is 1.12. The van der Waals surface area contributed by atoms with E-state index in [1.54, 1.807) is 4.90 Å². The first-order valence-corrected chi connectivity index (χ1v) is 15.2. The number of anilines is 1. The number of piperazine rings is 1. The number of alkyl halides is 6. The molecule has 46 heavy (non-hydrogen) atoms. The Bertz CT molecular complexity index is 1810. The summed E-state index contributed by atoms with van der Waals surface area (Å²) < 4.78 is 117. The van der Waals surface area contributed by atoms with Crippen LogP contribution in [0.1, 0.15) is 5.56 Å². The largest absolute Gasteiger partial charge is 0.573 e. The summed E-state index contributed by atoms with van der Waals surface area (Å²) in [6.45, 7) is -0.566. The maximum absolute atomic E-state index is 13.7. The fourth-order valence-corrected chi connectivity index (χ4v) is 7.00. The van der Waals surface area contributed by atoms with Crippen LogP contribution in [0.4, 0.5) is 31.5 Å². The van der Waals surface area contributed by atoms with Gasteiger partial charge in [0.15, 0.2) is 5.13 Å². The lowest BCUT2D eigenvalue weighted by Crippen LogP contribution is -2.60. The number of rotatable bonds is 9. The molecule has 21 heteroatoms. The topological polar surface area (TPSA) is 149 Å². The summed E-state index contributed by atoms with van der Waals surface area (Å²) in [4.78, 5) is 19.2. The minimum Gasteiger partial charge on any atom is -0.479 e. The van der Waals surface area contributed by atoms with Gasteiger partial charge < -0.3 is 24.4 Å². The molecule has 2 aromatic heterocycles. The van der Waals surface area contributed by atoms with Gasteiger partial charge in [-0.2, -0.15) is 9.29 Å². The summed E-state index contributed by atoms with van der Waals surface area (Å²) in [5.74, 6) is -1.71. The molecule has 0 spiro atoms. The number of carbonyl (C=O) groups is 1. The first kappa shape index (κ1) is 32.9. The molecule has 0 bridgehead atoms. The fourth-order valence-electron chi connectivity index (χ4n) is 4.43. The van der Waals surface area contributed by atoms with E-state index in [1.807, 2.05) is 0 Å². The molecule has 1 fully saturated rings. The second kappa shape index (κ2) is 12.7. The van der Waals surface area contributed by atoms with E-state index in [4.69, 9.17) is 4.74 Å². The van der Waals surface area contributed by atoms with E-state index in [1.165, 1.54) is 19.2 Å². The smallest absolute Gasteiger partial charge is 0.479 e. The maximum Gasteiger partial charge on any atom is 0.573 e. The minimum absolute atomic E-state index is 0.0575. The SMILES string of the molecule is COc1nnnc2nc(N3CCN(S(=O)(=O)c4ccc(OC(F)(F)F)cc4)[C@@H](C(=O)NCc4ccc(OC(F)(F)F)cc4)C3)sc12. The van der Waals surface area contributed by atoms with Crippen molar-refractivity contribution in [1.29, 1.82) is 0 Å². The van der Waals surface area contributed by atoms with Crippen molar-refractivity contribution in [1.82, 2.24) is 30.0 Å². The van der Waals surface area contributed by atoms with Gasteiger partial charge in [0, 0.05) is 26.2 Å². The van der Waals surface area contributed by atoms with Gasteiger partial charge in [0.05, 0.1) is 12.0 Å². The molecule has 0 saturated carbocycles. The van der Waals surface area contributed by atoms with Crippen LogP contribution in [0.2, 0.25) is 0 Å². The van der Waals surface area contributed by atoms with Gasteiger partial charge in [-0.3, -0.25) is 4.79 Å². The van der Waals surface area contributed by atoms with Crippen molar-refractivity contribution in [2.24, 2.45) is 0 Å². The van der Waals surface area contributed by atoms with Crippen LogP contribution in [0.15, 0.2) is 53.4 Å². The highest BCUT2D eigenvalue weighted by molar-refractivity contribution is 7.89. The number of hydrogen-bond donors (Lipinski definition) is 1. The highest BCUT2D eigenvalue weighted by Crippen LogP contribution is 2.34. The van der Waals surface area contributed by atoms with Crippen LogP contribution in [0.25, 0.3) is 10.3 Å². The first-order chi connectivity index (χ1) is 21.6. The Morgan fingerprint density at radius 2 is 1.57 bits per heavy atom. The Kier molecular flexibility index (Phi) is 9.09. The van der Waals surface area contributed by atoms with E-state index >= 15 is 0 Å². The molecule has 1 amide bonds. The van der Waals surface area contributed by atoms with Crippen molar-refractivity contribution in [3.63, 3.8) is 0 Å². The molecule has 5 rings (SSSR count). The average Bonchev–Trinajstić information content (AvgIpc) is 3.44. The van der Waals surface area contributed by atoms with Gasteiger partial charge in [0.2, 0.25) is 21.6 Å². The molecule has 0 unspecified atom stereocenters. The zero-order valence-electron chi connectivity index (χ0n) is 23.2. The van der Waals surface area contributed by atoms with Gasteiger partial charge in [-0.05, 0) is 47.2 Å². The first-order valence-electron chi connectivity index (χ1n) is 12.9. The van der Waals surface area contributed by atoms with Crippen LogP contribution in [-0.2, 0) is 21.4 Å². The Labute approximate surface area is 259 Å². The highest BCUT2D eigenvalue weighted by atomic mass is 32.2. The zero-order chi connectivity index (χ0) is 33.3. The number of carbonyl (C=O) groups excluding carboxylic acids is 1. The number of thiazole rings is 1. The molecule has 1 saturated heterocycles. The number of halogens is 6. The van der Waals surface area contributed by atoms with Crippen molar-refractivity contribution in [3.8, 4) is 17.4 Å². The lowest BCUT2D eigenvalue weighted by molar-refractivity contribution is -0.275. The number of aromatic nitrogens is 4. The number of benzene rings is 2. The molecule has 13 nitrogen and oxygen atoms in total. The van der Waals surface area contributed by atoms with Crippen molar-refractivity contribution >= 4 is 42.7 Å². The van der Waals surface area contributed by atoms with Gasteiger partial charge in [0.1, 0.15) is 22.2 Å². The maximum atomic E-state index is 13.7. The monoisotopic (exact) mass is 693 g/mol. The summed E-state index contributed by atoms with van der Waals surface area (Å²) in [6, 6.07) is 6.83. The zero-order valence-corrected chi connectivity index (χ0v) is 24.9. The number of nitrogens with zero attached hydrogens (tertiary/aromatic N) is 6. The van der Waals surface area contributed by atoms with E-state index in [0.29, 0.717) is 15.4 Å². The fraction of sp³-hybridized carbons (Fsp3) is 0.320. The third-order valence-electron chi connectivity index (χ3n) is 6.45. The van der Waals surface area contributed by atoms with E-state index in [2.05, 4.69) is 35.2 Å². The normalized spacial score (nSPS) is 16.3. The molecule has 1 aliphatic heterocycles. The molecule has 1 N–H and O–H groups in total. The van der Waals surface area contributed by atoms with Crippen molar-refractivity contribution in [2.75, 3.05) is 31.6 Å². The molecule has 0 aliphatic carbocycles. The molecule has 4 aromatic rings. The van der Waals surface area contributed by atoms with Gasteiger partial charge >= 0.3 is 12.7 Å². The number of hydrogen-bond acceptors (Lipinski definition) is 12. The van der Waals surface area contributed by atoms with Crippen LogP contribution < -0.4 is 24.4 Å². The van der Waals surface area contributed by atoms with E-state index in [9.17, 15) is 39.6 Å². The third kappa shape index (κ3) is 7.65. The number of nitrogens with one attached hydrogen (secondary N) is 1. The summed E-state index contributed by atoms with van der Waals surface area (Å²) in [7, 11) is -3.07. The van der Waals surface area contributed by atoms with Crippen molar-refractivity contribution in [3.05, 3.63) is 54.1 Å². The molecular weight excluding hydrogens is 672 g/mol. The Morgan fingerprint density at radius 3 is 2.15 bits per heavy atom. The Balaban J connectivity index is 1.39. The molecule has 1 aliphatic rings. The van der Waals surface area contributed by atoms with E-state index in [0.717, 1.165) is 52.0 Å². The predicted molar refractivity (Wildman–Crippen MR) is 148 cm³/mol. The van der Waals surface area contributed by atoms with Crippen LogP contribution >= 0.6 is 11.3 Å². The van der Waals surface area contributed by atoms with Crippen molar-refractivity contribution < 1.29 is 53.8 Å². The van der Waals surface area contributed by atoms with Crippen LogP contribution in [-0.4, -0.2) is 84.5 Å². The van der Waals surface area contributed by atoms with E-state index < -0.39 is 46.2 Å². The third-order valence-corrected chi connectivity index (χ3v) is 9.47. The van der Waals surface area contributed by atoms with Gasteiger partial charge in [-0.15, -0.1) is 31.4 Å². The lowest BCUT2D eigenvalue weighted by atomic mass is 10.1. The van der Waals surface area contributed by atoms with Gasteiger partial charge in [-0.25, -0.2) is 8.42 Å².